The molecule has 2 nitrogen and oxygen atoms in total. The van der Waals surface area contributed by atoms with Gasteiger partial charge in [0.2, 0.25) is 0 Å². The molecule has 1 aliphatic heterocycles. The van der Waals surface area contributed by atoms with Crippen LogP contribution in [0.25, 0.3) is 65.8 Å². The summed E-state index contributed by atoms with van der Waals surface area (Å²) in [6, 6.07) is 69.9. The van der Waals surface area contributed by atoms with E-state index in [4.69, 9.17) is 10.7 Å². The Hall–Kier alpha value is -7.20. The maximum Gasteiger partial charge on any atom is 0.131 e. The van der Waals surface area contributed by atoms with E-state index in [1.807, 2.05) is 42.1 Å². The number of hydrogen-bond donors (Lipinski definition) is 1. The van der Waals surface area contributed by atoms with Crippen molar-refractivity contribution in [3.63, 3.8) is 0 Å². The lowest BCUT2D eigenvalue weighted by atomic mass is 9.84. The summed E-state index contributed by atoms with van der Waals surface area (Å²) in [5.74, 6) is 0.888. The van der Waals surface area contributed by atoms with Gasteiger partial charge in [0.05, 0.1) is 5.70 Å². The molecule has 0 saturated heterocycles. The molecule has 0 bridgehead atoms. The van der Waals surface area contributed by atoms with Gasteiger partial charge in [-0.2, -0.15) is 0 Å². The molecule has 9 aromatic carbocycles. The van der Waals surface area contributed by atoms with Crippen LogP contribution < -0.4 is 5.73 Å². The zero-order valence-corrected chi connectivity index (χ0v) is 34.4. The van der Waals surface area contributed by atoms with E-state index < -0.39 is 0 Å². The maximum absolute atomic E-state index is 6.76. The number of aliphatic imine (C=N–C) groups is 1. The summed E-state index contributed by atoms with van der Waals surface area (Å²) < 4.78 is 0. The summed E-state index contributed by atoms with van der Waals surface area (Å²) in [4.78, 5) is 6.52. The number of amidine groups is 1. The average Bonchev–Trinajstić information content (AvgIpc) is 3.72. The third kappa shape index (κ3) is 6.78. The van der Waals surface area contributed by atoms with Crippen molar-refractivity contribution in [2.75, 3.05) is 0 Å². The quantitative estimate of drug-likeness (QED) is 0.0720. The minimum Gasteiger partial charge on any atom is -0.383 e. The Morgan fingerprint density at radius 1 is 0.557 bits per heavy atom. The molecule has 0 amide bonds. The van der Waals surface area contributed by atoms with Crippen LogP contribution in [0.5, 0.6) is 0 Å². The van der Waals surface area contributed by atoms with Crippen LogP contribution in [0.3, 0.4) is 0 Å². The molecular weight excluding hydrogens is 757 g/mol. The van der Waals surface area contributed by atoms with E-state index in [0.717, 1.165) is 22.4 Å². The number of rotatable bonds is 8. The van der Waals surface area contributed by atoms with Gasteiger partial charge in [-0.1, -0.05) is 212 Å². The molecule has 2 aliphatic rings. The topological polar surface area (TPSA) is 38.4 Å². The van der Waals surface area contributed by atoms with E-state index in [2.05, 4.69) is 188 Å². The Bertz CT molecular complexity index is 3250. The number of allylic oxidation sites excluding steroid dienone is 4. The van der Waals surface area contributed by atoms with E-state index in [9.17, 15) is 0 Å². The second kappa shape index (κ2) is 15.8. The van der Waals surface area contributed by atoms with Crippen LogP contribution in [0.1, 0.15) is 33.7 Å². The predicted molar refractivity (Wildman–Crippen MR) is 261 cm³/mol. The Kier molecular flexibility index (Phi) is 9.52. The maximum atomic E-state index is 6.76. The summed E-state index contributed by atoms with van der Waals surface area (Å²) in [5, 5.41) is 7.83. The fourth-order valence-electron chi connectivity index (χ4n) is 9.43. The molecule has 9 aromatic rings. The van der Waals surface area contributed by atoms with Crippen LogP contribution in [-0.4, -0.2) is 11.1 Å². The molecule has 2 atom stereocenters. The number of thioether (sulfide) groups is 1. The Balaban J connectivity index is 1.00. The third-order valence-electron chi connectivity index (χ3n) is 12.3. The number of benzene rings is 9. The van der Waals surface area contributed by atoms with Crippen LogP contribution in [0.15, 0.2) is 228 Å². The fraction of sp³-hybridized carbons (Fsp3) is 0.0517. The predicted octanol–water partition coefficient (Wildman–Crippen LogP) is 14.7. The molecule has 0 saturated carbocycles. The van der Waals surface area contributed by atoms with Crippen molar-refractivity contribution in [1.82, 2.24) is 0 Å². The molecule has 61 heavy (non-hydrogen) atoms. The van der Waals surface area contributed by atoms with Crippen LogP contribution in [0.2, 0.25) is 0 Å². The molecule has 0 aromatic heterocycles. The first-order chi connectivity index (χ1) is 30.2. The fourth-order valence-corrected chi connectivity index (χ4v) is 10.9. The first-order valence-electron chi connectivity index (χ1n) is 21.0. The Labute approximate surface area is 361 Å². The zero-order valence-electron chi connectivity index (χ0n) is 33.6. The lowest BCUT2D eigenvalue weighted by molar-refractivity contribution is 0.893. The Morgan fingerprint density at radius 3 is 2.05 bits per heavy atom. The normalized spacial score (nSPS) is 16.2. The molecule has 1 heterocycles. The summed E-state index contributed by atoms with van der Waals surface area (Å²) in [6.07, 6.45) is 9.84. The minimum atomic E-state index is 0.374. The van der Waals surface area contributed by atoms with Gasteiger partial charge in [0, 0.05) is 21.6 Å². The Morgan fingerprint density at radius 2 is 1.23 bits per heavy atom. The highest BCUT2D eigenvalue weighted by Gasteiger charge is 2.35. The number of nitrogens with zero attached hydrogens (tertiary/aromatic N) is 1. The van der Waals surface area contributed by atoms with E-state index in [1.54, 1.807) is 0 Å². The summed E-state index contributed by atoms with van der Waals surface area (Å²) in [7, 11) is 0. The smallest absolute Gasteiger partial charge is 0.131 e. The first kappa shape index (κ1) is 36.8. The van der Waals surface area contributed by atoms with Crippen molar-refractivity contribution in [3.8, 4) is 22.3 Å². The molecule has 2 N–H and O–H groups in total. The van der Waals surface area contributed by atoms with E-state index in [1.165, 1.54) is 76.2 Å². The molecule has 11 rings (SSSR count). The molecular formula is C58H42N2S. The van der Waals surface area contributed by atoms with Gasteiger partial charge in [-0.3, -0.25) is 0 Å². The SMILES string of the molecule is NC(=N/C(=C\Cc1cccc(C2=CC=CC3c4ccccc4SC23)c1)c1ccc(-c2c3ccccc3c(-c3ccccc3)c3ccc4ccccc4c23)cc1)c1ccccc1. The lowest BCUT2D eigenvalue weighted by Gasteiger charge is -2.23. The molecule has 3 heteroatoms. The number of nitrogens with two attached hydrogens (primary N) is 1. The van der Waals surface area contributed by atoms with Crippen molar-refractivity contribution in [1.29, 1.82) is 0 Å². The second-order valence-electron chi connectivity index (χ2n) is 15.9. The van der Waals surface area contributed by atoms with Gasteiger partial charge in [0.1, 0.15) is 5.84 Å². The van der Waals surface area contributed by atoms with E-state index in [0.29, 0.717) is 23.4 Å². The van der Waals surface area contributed by atoms with Gasteiger partial charge in [-0.25, -0.2) is 4.99 Å². The summed E-state index contributed by atoms with van der Waals surface area (Å²) >= 11 is 1.99. The van der Waals surface area contributed by atoms with Crippen LogP contribution in [0.4, 0.5) is 0 Å². The summed E-state index contributed by atoms with van der Waals surface area (Å²) in [6.45, 7) is 0. The van der Waals surface area contributed by atoms with Crippen molar-refractivity contribution < 1.29 is 0 Å². The molecule has 0 fully saturated rings. The molecule has 2 unspecified atom stereocenters. The lowest BCUT2D eigenvalue weighted by Crippen LogP contribution is -2.13. The highest BCUT2D eigenvalue weighted by Crippen LogP contribution is 2.53. The first-order valence-corrected chi connectivity index (χ1v) is 21.9. The van der Waals surface area contributed by atoms with Crippen LogP contribution >= 0.6 is 11.8 Å². The molecule has 1 aliphatic carbocycles. The highest BCUT2D eigenvalue weighted by atomic mass is 32.2. The molecule has 290 valence electrons. The molecule has 0 radical (unpaired) electrons. The number of fused-ring (bicyclic) bond motifs is 7. The van der Waals surface area contributed by atoms with Gasteiger partial charge in [-0.05, 0) is 94.9 Å². The molecule has 0 spiro atoms. The van der Waals surface area contributed by atoms with Crippen molar-refractivity contribution in [3.05, 3.63) is 246 Å². The minimum absolute atomic E-state index is 0.374. The van der Waals surface area contributed by atoms with Gasteiger partial charge in [-0.15, -0.1) is 11.8 Å². The van der Waals surface area contributed by atoms with Gasteiger partial charge in [0.25, 0.3) is 0 Å². The van der Waals surface area contributed by atoms with Crippen LogP contribution in [-0.2, 0) is 6.42 Å². The van der Waals surface area contributed by atoms with E-state index >= 15 is 0 Å². The summed E-state index contributed by atoms with van der Waals surface area (Å²) in [5.41, 5.74) is 19.7. The van der Waals surface area contributed by atoms with Gasteiger partial charge in [0.15, 0.2) is 0 Å². The monoisotopic (exact) mass is 798 g/mol. The van der Waals surface area contributed by atoms with E-state index in [-0.39, 0.29) is 0 Å². The second-order valence-corrected chi connectivity index (χ2v) is 17.1. The van der Waals surface area contributed by atoms with Gasteiger partial charge >= 0.3 is 0 Å². The largest absolute Gasteiger partial charge is 0.383 e. The zero-order chi connectivity index (χ0) is 40.7. The highest BCUT2D eigenvalue weighted by molar-refractivity contribution is 8.00. The van der Waals surface area contributed by atoms with Gasteiger partial charge < -0.3 is 5.73 Å². The number of hydrogen-bond acceptors (Lipinski definition) is 2. The standard InChI is InChI=1S/C58H42N2S/c59-58(43-19-5-2-6-20-43)60-52(36-29-38-15-13-21-44(37-38)46-26-14-27-50-47-23-11-12-28-53(47)61-57(46)50)40-30-32-42(33-31-40)55-49-25-10-9-24-48(49)54(41-17-3-1-4-18-41)51-35-34-39-16-7-8-22-45(39)56(51)55/h1-28,30-37,50,57H,29H2,(H2,59,60)/b52-36-. The van der Waals surface area contributed by atoms with Crippen molar-refractivity contribution in [2.45, 2.75) is 22.5 Å². The third-order valence-corrected chi connectivity index (χ3v) is 13.7. The average molecular weight is 799 g/mol. The van der Waals surface area contributed by atoms with Crippen LogP contribution in [0, 0.1) is 0 Å². The van der Waals surface area contributed by atoms with Crippen molar-refractivity contribution in [2.24, 2.45) is 10.7 Å². The van der Waals surface area contributed by atoms with Crippen molar-refractivity contribution >= 4 is 61.2 Å².